The maximum absolute atomic E-state index is 15.5. The van der Waals surface area contributed by atoms with E-state index in [-0.39, 0.29) is 34.4 Å². The Morgan fingerprint density at radius 2 is 1.75 bits per heavy atom. The summed E-state index contributed by atoms with van der Waals surface area (Å²) in [4.78, 5) is 28.8. The van der Waals surface area contributed by atoms with Gasteiger partial charge < -0.3 is 34.3 Å². The molecule has 0 bridgehead atoms. The third-order valence-corrected chi connectivity index (χ3v) is 8.59. The minimum atomic E-state index is -0.776. The van der Waals surface area contributed by atoms with Crippen molar-refractivity contribution in [3.05, 3.63) is 114 Å². The van der Waals surface area contributed by atoms with Gasteiger partial charge in [-0.1, -0.05) is 12.1 Å². The van der Waals surface area contributed by atoms with Gasteiger partial charge in [0.15, 0.2) is 23.1 Å². The Morgan fingerprint density at radius 1 is 0.923 bits per heavy atom. The van der Waals surface area contributed by atoms with Gasteiger partial charge in [0.25, 0.3) is 11.8 Å². The Balaban J connectivity index is 1.12. The fourth-order valence-corrected chi connectivity index (χ4v) is 5.96. The van der Waals surface area contributed by atoms with Crippen LogP contribution in [0.25, 0.3) is 22.2 Å². The first kappa shape index (κ1) is 34.1. The SMILES string of the molecule is COc1cc2nccc(Oc3ccc(NC(=O)c4cnc(C)c(-c5ccc(F)cc5C)c4O)cc3F)c2nc1Oc1cccc(N2CCOCC2)c1. The van der Waals surface area contributed by atoms with Crippen molar-refractivity contribution in [3.8, 4) is 45.8 Å². The molecule has 2 N–H and O–H groups in total. The van der Waals surface area contributed by atoms with Gasteiger partial charge in [0.05, 0.1) is 25.8 Å². The second-order valence-electron chi connectivity index (χ2n) is 12.0. The van der Waals surface area contributed by atoms with Gasteiger partial charge in [0.2, 0.25) is 0 Å². The molecular formula is C39H33F2N5O6. The lowest BCUT2D eigenvalue weighted by atomic mass is 9.96. The number of aromatic hydroxyl groups is 1. The molecule has 52 heavy (non-hydrogen) atoms. The van der Waals surface area contributed by atoms with Crippen molar-refractivity contribution in [2.75, 3.05) is 43.6 Å². The molecule has 1 aliphatic heterocycles. The van der Waals surface area contributed by atoms with Crippen LogP contribution in [0.2, 0.25) is 0 Å². The monoisotopic (exact) mass is 705 g/mol. The van der Waals surface area contributed by atoms with Crippen LogP contribution in [-0.2, 0) is 4.74 Å². The van der Waals surface area contributed by atoms with Crippen molar-refractivity contribution < 1.29 is 37.6 Å². The van der Waals surface area contributed by atoms with Gasteiger partial charge in [-0.05, 0) is 61.4 Å². The number of methoxy groups -OCH3 is 1. The van der Waals surface area contributed by atoms with E-state index in [0.717, 1.165) is 24.8 Å². The molecule has 0 unspecified atom stereocenters. The molecule has 3 aromatic heterocycles. The zero-order valence-electron chi connectivity index (χ0n) is 28.4. The number of halogens is 2. The molecule has 0 atom stereocenters. The number of fused-ring (bicyclic) bond motifs is 1. The number of nitrogens with zero attached hydrogens (tertiary/aromatic N) is 4. The first-order valence-electron chi connectivity index (χ1n) is 16.4. The van der Waals surface area contributed by atoms with Gasteiger partial charge in [-0.15, -0.1) is 0 Å². The number of carbonyl (C=O) groups is 1. The predicted octanol–water partition coefficient (Wildman–Crippen LogP) is 7.97. The summed E-state index contributed by atoms with van der Waals surface area (Å²) in [6, 6.07) is 18.8. The molecule has 264 valence electrons. The van der Waals surface area contributed by atoms with E-state index in [2.05, 4.69) is 25.2 Å². The topological polar surface area (TPSA) is 128 Å². The van der Waals surface area contributed by atoms with Crippen LogP contribution in [0.4, 0.5) is 20.2 Å². The third kappa shape index (κ3) is 6.98. The van der Waals surface area contributed by atoms with Crippen LogP contribution >= 0.6 is 0 Å². The number of hydrogen-bond donors (Lipinski definition) is 2. The lowest BCUT2D eigenvalue weighted by molar-refractivity contribution is 0.102. The Kier molecular flexibility index (Phi) is 9.51. The van der Waals surface area contributed by atoms with Gasteiger partial charge in [-0.3, -0.25) is 14.8 Å². The maximum atomic E-state index is 15.5. The van der Waals surface area contributed by atoms with Gasteiger partial charge in [0, 0.05) is 72.4 Å². The number of pyridine rings is 3. The Bertz CT molecular complexity index is 2310. The van der Waals surface area contributed by atoms with Gasteiger partial charge in [-0.2, -0.15) is 0 Å². The zero-order valence-corrected chi connectivity index (χ0v) is 28.4. The van der Waals surface area contributed by atoms with E-state index >= 15 is 4.39 Å². The second-order valence-corrected chi connectivity index (χ2v) is 12.0. The number of hydrogen-bond acceptors (Lipinski definition) is 10. The first-order valence-corrected chi connectivity index (χ1v) is 16.4. The summed E-state index contributed by atoms with van der Waals surface area (Å²) < 4.78 is 52.4. The number of aromatic nitrogens is 3. The summed E-state index contributed by atoms with van der Waals surface area (Å²) in [7, 11) is 1.50. The van der Waals surface area contributed by atoms with Crippen molar-refractivity contribution >= 4 is 28.3 Å². The molecule has 1 saturated heterocycles. The lowest BCUT2D eigenvalue weighted by Crippen LogP contribution is -2.36. The molecule has 13 heteroatoms. The highest BCUT2D eigenvalue weighted by Gasteiger charge is 2.22. The minimum Gasteiger partial charge on any atom is -0.506 e. The second kappa shape index (κ2) is 14.5. The van der Waals surface area contributed by atoms with E-state index in [1.807, 2.05) is 24.3 Å². The number of morpholine rings is 1. The van der Waals surface area contributed by atoms with Crippen molar-refractivity contribution in [2.24, 2.45) is 0 Å². The number of nitrogens with one attached hydrogen (secondary N) is 1. The van der Waals surface area contributed by atoms with Crippen molar-refractivity contribution in [1.29, 1.82) is 0 Å². The summed E-state index contributed by atoms with van der Waals surface area (Å²) >= 11 is 0. The van der Waals surface area contributed by atoms with Crippen LogP contribution in [0.15, 0.2) is 85.2 Å². The predicted molar refractivity (Wildman–Crippen MR) is 191 cm³/mol. The highest BCUT2D eigenvalue weighted by atomic mass is 19.1. The molecule has 0 aliphatic carbocycles. The van der Waals surface area contributed by atoms with E-state index in [1.54, 1.807) is 26.0 Å². The van der Waals surface area contributed by atoms with Crippen LogP contribution in [-0.4, -0.2) is 59.4 Å². The maximum Gasteiger partial charge on any atom is 0.263 e. The number of ether oxygens (including phenoxy) is 4. The summed E-state index contributed by atoms with van der Waals surface area (Å²) in [5, 5.41) is 13.7. The standard InChI is InChI=1S/C39H33F2N5O6/c1-22-17-24(40)7-9-28(22)35-23(2)43-21-29(37(35)47)38(48)44-25-8-10-32(30(41)18-25)52-33-11-12-42-31-20-34(49-3)39(45-36(31)33)51-27-6-4-5-26(19-27)46-13-15-50-16-14-46/h4-12,17-21H,13-16H2,1-3H3,(H,43,47)(H,44,48). The number of amides is 1. The van der Waals surface area contributed by atoms with Gasteiger partial charge in [0.1, 0.15) is 28.4 Å². The number of carbonyl (C=O) groups excluding carboxylic acids is 1. The molecule has 4 heterocycles. The summed E-state index contributed by atoms with van der Waals surface area (Å²) in [6.07, 6.45) is 2.73. The molecule has 0 spiro atoms. The fraction of sp³-hybridized carbons (Fsp3) is 0.179. The van der Waals surface area contributed by atoms with E-state index in [9.17, 15) is 14.3 Å². The van der Waals surface area contributed by atoms with Crippen molar-refractivity contribution in [1.82, 2.24) is 15.0 Å². The smallest absolute Gasteiger partial charge is 0.263 e. The molecule has 1 fully saturated rings. The quantitative estimate of drug-likeness (QED) is 0.153. The Hall–Kier alpha value is -6.34. The van der Waals surface area contributed by atoms with E-state index in [1.165, 1.54) is 49.8 Å². The van der Waals surface area contributed by atoms with Crippen molar-refractivity contribution in [3.63, 3.8) is 0 Å². The van der Waals surface area contributed by atoms with Crippen LogP contribution < -0.4 is 24.4 Å². The van der Waals surface area contributed by atoms with E-state index < -0.39 is 17.5 Å². The summed E-state index contributed by atoms with van der Waals surface area (Å²) in [6.45, 7) is 6.20. The summed E-state index contributed by atoms with van der Waals surface area (Å²) in [5.41, 5.74) is 3.51. The highest BCUT2D eigenvalue weighted by Crippen LogP contribution is 2.39. The normalized spacial score (nSPS) is 12.8. The number of aryl methyl sites for hydroxylation is 2. The lowest BCUT2D eigenvalue weighted by Gasteiger charge is -2.29. The molecule has 1 aliphatic rings. The molecule has 6 aromatic rings. The number of benzene rings is 3. The van der Waals surface area contributed by atoms with Crippen LogP contribution in [0.5, 0.6) is 34.6 Å². The molecule has 3 aromatic carbocycles. The van der Waals surface area contributed by atoms with Crippen molar-refractivity contribution in [2.45, 2.75) is 13.8 Å². The molecule has 0 radical (unpaired) electrons. The van der Waals surface area contributed by atoms with E-state index in [4.69, 9.17) is 18.9 Å². The highest BCUT2D eigenvalue weighted by molar-refractivity contribution is 6.07. The molecule has 0 saturated carbocycles. The van der Waals surface area contributed by atoms with Crippen LogP contribution in [0.1, 0.15) is 21.6 Å². The number of rotatable bonds is 9. The minimum absolute atomic E-state index is 0.104. The molecule has 7 rings (SSSR count). The summed E-state index contributed by atoms with van der Waals surface area (Å²) in [5.74, 6) is -1.15. The third-order valence-electron chi connectivity index (χ3n) is 8.59. The fourth-order valence-electron chi connectivity index (χ4n) is 5.96. The Morgan fingerprint density at radius 3 is 2.52 bits per heavy atom. The zero-order chi connectivity index (χ0) is 36.4. The van der Waals surface area contributed by atoms with E-state index in [0.29, 0.717) is 58.1 Å². The molecular weight excluding hydrogens is 672 g/mol. The van der Waals surface area contributed by atoms with Gasteiger partial charge in [-0.25, -0.2) is 13.8 Å². The van der Waals surface area contributed by atoms with Crippen LogP contribution in [0.3, 0.4) is 0 Å². The average Bonchev–Trinajstić information content (AvgIpc) is 3.14. The average molecular weight is 706 g/mol. The largest absolute Gasteiger partial charge is 0.506 e. The van der Waals surface area contributed by atoms with Crippen LogP contribution in [0, 0.1) is 25.5 Å². The first-order chi connectivity index (χ1) is 25.2. The Labute approximate surface area is 297 Å². The molecule has 11 nitrogen and oxygen atoms in total. The molecule has 1 amide bonds. The van der Waals surface area contributed by atoms with Gasteiger partial charge >= 0.3 is 0 Å². The number of anilines is 2.